The van der Waals surface area contributed by atoms with Crippen LogP contribution in [0.25, 0.3) is 0 Å². The van der Waals surface area contributed by atoms with Crippen LogP contribution in [-0.2, 0) is 4.74 Å². The van der Waals surface area contributed by atoms with Crippen LogP contribution >= 0.6 is 0 Å². The first kappa shape index (κ1) is 16.9. The second-order valence-electron chi connectivity index (χ2n) is 6.99. The molecule has 3 N–H and O–H groups in total. The molecule has 1 saturated carbocycles. The van der Waals surface area contributed by atoms with Crippen molar-refractivity contribution in [2.24, 2.45) is 11.3 Å². The van der Waals surface area contributed by atoms with E-state index in [4.69, 9.17) is 4.74 Å². The zero-order valence-corrected chi connectivity index (χ0v) is 12.9. The molecule has 0 radical (unpaired) electrons. The van der Waals surface area contributed by atoms with Gasteiger partial charge in [0.05, 0.1) is 19.3 Å². The lowest BCUT2D eigenvalue weighted by Gasteiger charge is -2.47. The summed E-state index contributed by atoms with van der Waals surface area (Å²) < 4.78 is 5.21. The number of rotatable bonds is 7. The predicted molar refractivity (Wildman–Crippen MR) is 77.1 cm³/mol. The van der Waals surface area contributed by atoms with Crippen molar-refractivity contribution < 1.29 is 14.9 Å². The molecule has 0 unspecified atom stereocenters. The van der Waals surface area contributed by atoms with E-state index in [-0.39, 0.29) is 17.6 Å². The molecule has 114 valence electrons. The Bertz CT molecular complexity index is 270. The van der Waals surface area contributed by atoms with E-state index < -0.39 is 6.10 Å². The van der Waals surface area contributed by atoms with Gasteiger partial charge >= 0.3 is 0 Å². The van der Waals surface area contributed by atoms with Crippen LogP contribution in [0, 0.1) is 11.3 Å². The molecule has 4 nitrogen and oxygen atoms in total. The second-order valence-corrected chi connectivity index (χ2v) is 6.99. The van der Waals surface area contributed by atoms with Crippen molar-refractivity contribution in [2.75, 3.05) is 26.4 Å². The van der Waals surface area contributed by atoms with Crippen molar-refractivity contribution in [1.82, 2.24) is 5.32 Å². The van der Waals surface area contributed by atoms with Gasteiger partial charge in [0, 0.05) is 18.7 Å². The lowest BCUT2D eigenvalue weighted by Crippen LogP contribution is -2.57. The fourth-order valence-electron chi connectivity index (χ4n) is 3.70. The Labute approximate surface area is 117 Å². The van der Waals surface area contributed by atoms with E-state index >= 15 is 0 Å². The first-order valence-corrected chi connectivity index (χ1v) is 7.44. The van der Waals surface area contributed by atoms with Crippen molar-refractivity contribution in [3.63, 3.8) is 0 Å². The summed E-state index contributed by atoms with van der Waals surface area (Å²) in [4.78, 5) is 0. The summed E-state index contributed by atoms with van der Waals surface area (Å²) in [6.45, 7) is 10.2. The normalized spacial score (nSPS) is 32.2. The largest absolute Gasteiger partial charge is 0.394 e. The fraction of sp³-hybridized carbons (Fsp3) is 1.00. The molecule has 1 fully saturated rings. The topological polar surface area (TPSA) is 61.7 Å². The molecule has 0 aliphatic heterocycles. The maximum atomic E-state index is 9.85. The summed E-state index contributed by atoms with van der Waals surface area (Å²) in [7, 11) is 0. The highest BCUT2D eigenvalue weighted by Crippen LogP contribution is 2.43. The summed E-state index contributed by atoms with van der Waals surface area (Å²) in [5.74, 6) is 0.590. The molecule has 0 aromatic carbocycles. The van der Waals surface area contributed by atoms with E-state index in [0.717, 1.165) is 12.8 Å². The molecule has 0 saturated heterocycles. The van der Waals surface area contributed by atoms with Crippen LogP contribution in [0.1, 0.15) is 47.0 Å². The third kappa shape index (κ3) is 5.38. The van der Waals surface area contributed by atoms with Gasteiger partial charge in [0.1, 0.15) is 0 Å². The molecular formula is C15H31NO3. The van der Waals surface area contributed by atoms with E-state index in [0.29, 0.717) is 25.7 Å². The highest BCUT2D eigenvalue weighted by atomic mass is 16.5. The van der Waals surface area contributed by atoms with Crippen LogP contribution in [0.15, 0.2) is 0 Å². The SMILES string of the molecule is CCOC[C@H](O)CN[C@]1(CO)C[C@H](C)CC(C)(C)C1. The molecule has 1 rings (SSSR count). The molecule has 0 bridgehead atoms. The first-order chi connectivity index (χ1) is 8.82. The van der Waals surface area contributed by atoms with Crippen molar-refractivity contribution >= 4 is 0 Å². The number of hydrogen-bond acceptors (Lipinski definition) is 4. The Morgan fingerprint density at radius 3 is 2.58 bits per heavy atom. The van der Waals surface area contributed by atoms with Gasteiger partial charge < -0.3 is 20.3 Å². The minimum Gasteiger partial charge on any atom is -0.394 e. The summed E-state index contributed by atoms with van der Waals surface area (Å²) in [6.07, 6.45) is 2.60. The fourth-order valence-corrected chi connectivity index (χ4v) is 3.70. The zero-order chi connectivity index (χ0) is 14.5. The number of nitrogens with one attached hydrogen (secondary N) is 1. The second kappa shape index (κ2) is 7.02. The average molecular weight is 273 g/mol. The minimum absolute atomic E-state index is 0.127. The highest BCUT2D eigenvalue weighted by Gasteiger charge is 2.42. The van der Waals surface area contributed by atoms with E-state index in [2.05, 4.69) is 26.1 Å². The smallest absolute Gasteiger partial charge is 0.0897 e. The van der Waals surface area contributed by atoms with Crippen LogP contribution < -0.4 is 5.32 Å². The first-order valence-electron chi connectivity index (χ1n) is 7.44. The average Bonchev–Trinajstić information content (AvgIpc) is 2.31. The van der Waals surface area contributed by atoms with Crippen molar-refractivity contribution in [2.45, 2.75) is 58.6 Å². The van der Waals surface area contributed by atoms with Crippen LogP contribution in [0.5, 0.6) is 0 Å². The summed E-state index contributed by atoms with van der Waals surface area (Å²) in [5.41, 5.74) is -0.0212. The molecule has 0 aromatic heterocycles. The zero-order valence-electron chi connectivity index (χ0n) is 12.9. The van der Waals surface area contributed by atoms with E-state index in [1.54, 1.807) is 0 Å². The molecule has 0 spiro atoms. The van der Waals surface area contributed by atoms with Crippen molar-refractivity contribution in [1.29, 1.82) is 0 Å². The van der Waals surface area contributed by atoms with Gasteiger partial charge in [0.2, 0.25) is 0 Å². The molecule has 1 aliphatic carbocycles. The predicted octanol–water partition coefficient (Wildman–Crippen LogP) is 1.55. The Morgan fingerprint density at radius 1 is 1.37 bits per heavy atom. The Morgan fingerprint density at radius 2 is 2.05 bits per heavy atom. The Hall–Kier alpha value is -0.160. The molecule has 4 heteroatoms. The van der Waals surface area contributed by atoms with Crippen LogP contribution in [-0.4, -0.2) is 48.2 Å². The van der Waals surface area contributed by atoms with Gasteiger partial charge in [-0.15, -0.1) is 0 Å². The minimum atomic E-state index is -0.510. The molecule has 0 heterocycles. The van der Waals surface area contributed by atoms with Gasteiger partial charge in [-0.2, -0.15) is 0 Å². The van der Waals surface area contributed by atoms with E-state index in [1.807, 2.05) is 6.92 Å². The monoisotopic (exact) mass is 273 g/mol. The molecule has 3 atom stereocenters. The maximum absolute atomic E-state index is 9.85. The third-order valence-electron chi connectivity index (χ3n) is 3.99. The van der Waals surface area contributed by atoms with Crippen LogP contribution in [0.3, 0.4) is 0 Å². The lowest BCUT2D eigenvalue weighted by atomic mass is 9.64. The van der Waals surface area contributed by atoms with Gasteiger partial charge in [-0.05, 0) is 37.5 Å². The molecule has 1 aliphatic rings. The van der Waals surface area contributed by atoms with Gasteiger partial charge in [0.15, 0.2) is 0 Å². The number of aliphatic hydroxyl groups excluding tert-OH is 2. The van der Waals surface area contributed by atoms with Crippen LogP contribution in [0.4, 0.5) is 0 Å². The van der Waals surface area contributed by atoms with Crippen molar-refractivity contribution in [3.05, 3.63) is 0 Å². The summed E-state index contributed by atoms with van der Waals surface area (Å²) in [6, 6.07) is 0. The van der Waals surface area contributed by atoms with Gasteiger partial charge in [-0.3, -0.25) is 0 Å². The quantitative estimate of drug-likeness (QED) is 0.658. The Kier molecular flexibility index (Phi) is 6.24. The summed E-state index contributed by atoms with van der Waals surface area (Å²) >= 11 is 0. The Balaban J connectivity index is 2.55. The van der Waals surface area contributed by atoms with Gasteiger partial charge in [-0.25, -0.2) is 0 Å². The van der Waals surface area contributed by atoms with E-state index in [1.165, 1.54) is 6.42 Å². The number of ether oxygens (including phenoxy) is 1. The lowest BCUT2D eigenvalue weighted by molar-refractivity contribution is 0.00786. The van der Waals surface area contributed by atoms with Crippen LogP contribution in [0.2, 0.25) is 0 Å². The van der Waals surface area contributed by atoms with E-state index in [9.17, 15) is 10.2 Å². The molecule has 0 amide bonds. The van der Waals surface area contributed by atoms with Gasteiger partial charge in [-0.1, -0.05) is 20.8 Å². The maximum Gasteiger partial charge on any atom is 0.0897 e. The van der Waals surface area contributed by atoms with Crippen molar-refractivity contribution in [3.8, 4) is 0 Å². The highest BCUT2D eigenvalue weighted by molar-refractivity contribution is 4.98. The summed E-state index contributed by atoms with van der Waals surface area (Å²) in [5, 5.41) is 23.1. The molecule has 0 aromatic rings. The third-order valence-corrected chi connectivity index (χ3v) is 3.99. The number of aliphatic hydroxyl groups is 2. The van der Waals surface area contributed by atoms with Gasteiger partial charge in [0.25, 0.3) is 0 Å². The molecule has 19 heavy (non-hydrogen) atoms. The molecular weight excluding hydrogens is 242 g/mol. The number of β-amino-alcohol motifs (C(OH)–C–C–N with tert-alkyl or cyclic N) is 1. The standard InChI is InChI=1S/C15H31NO3/c1-5-19-9-13(18)8-16-15(11-17)7-12(2)6-14(3,4)10-15/h12-13,16-18H,5-11H2,1-4H3/t12-,13-,15-/m1/s1. The number of hydrogen-bond donors (Lipinski definition) is 3.